The van der Waals surface area contributed by atoms with E-state index in [9.17, 15) is 9.18 Å². The first-order valence-corrected chi connectivity index (χ1v) is 12.8. The average Bonchev–Trinajstić information content (AvgIpc) is 3.07. The molecular weight excluding hydrogens is 529 g/mol. The van der Waals surface area contributed by atoms with Crippen LogP contribution in [-0.4, -0.2) is 16.5 Å². The first-order chi connectivity index (χ1) is 15.5. The smallest absolute Gasteiger partial charge is 0.270 e. The molecule has 1 saturated heterocycles. The van der Waals surface area contributed by atoms with Gasteiger partial charge in [0.1, 0.15) is 18.2 Å². The Morgan fingerprint density at radius 1 is 1.16 bits per heavy atom. The summed E-state index contributed by atoms with van der Waals surface area (Å²) in [4.78, 5) is 16.3. The van der Waals surface area contributed by atoms with Gasteiger partial charge in [0.05, 0.1) is 10.6 Å². The number of halogens is 2. The molecule has 0 radical (unpaired) electrons. The van der Waals surface area contributed by atoms with Crippen LogP contribution in [0, 0.1) is 5.82 Å². The molecule has 8 heteroatoms. The number of thioether (sulfide) groups is 2. The highest BCUT2D eigenvalue weighted by Crippen LogP contribution is 2.38. The number of benzene rings is 3. The summed E-state index contributed by atoms with van der Waals surface area (Å²) in [7, 11) is 0. The van der Waals surface area contributed by atoms with Gasteiger partial charge in [0.25, 0.3) is 5.91 Å². The highest BCUT2D eigenvalue weighted by atomic mass is 79.9. The van der Waals surface area contributed by atoms with Crippen LogP contribution < -0.4 is 9.64 Å². The maximum Gasteiger partial charge on any atom is 0.270 e. The van der Waals surface area contributed by atoms with Crippen LogP contribution in [-0.2, 0) is 11.4 Å². The van der Waals surface area contributed by atoms with E-state index in [0.717, 1.165) is 15.1 Å². The first kappa shape index (κ1) is 23.0. The minimum atomic E-state index is -0.320. The summed E-state index contributed by atoms with van der Waals surface area (Å²) in [6, 6.07) is 19.7. The van der Waals surface area contributed by atoms with Crippen LogP contribution in [0.3, 0.4) is 0 Å². The summed E-state index contributed by atoms with van der Waals surface area (Å²) in [5, 5.41) is 0. The molecule has 4 rings (SSSR count). The minimum Gasteiger partial charge on any atom is -0.488 e. The van der Waals surface area contributed by atoms with Crippen LogP contribution in [0.15, 0.2) is 81.0 Å². The van der Waals surface area contributed by atoms with Crippen molar-refractivity contribution in [2.45, 2.75) is 11.5 Å². The maximum absolute atomic E-state index is 14.0. The lowest BCUT2D eigenvalue weighted by Gasteiger charge is -2.15. The number of ether oxygens (including phenoxy) is 1. The van der Waals surface area contributed by atoms with Crippen molar-refractivity contribution in [1.82, 2.24) is 0 Å². The largest absolute Gasteiger partial charge is 0.488 e. The Balaban J connectivity index is 1.62. The van der Waals surface area contributed by atoms with E-state index in [4.69, 9.17) is 17.0 Å². The van der Waals surface area contributed by atoms with Crippen molar-refractivity contribution in [2.75, 3.05) is 11.2 Å². The number of amides is 1. The van der Waals surface area contributed by atoms with Gasteiger partial charge in [-0.1, -0.05) is 64.2 Å². The fourth-order valence-corrected chi connectivity index (χ4v) is 5.24. The van der Waals surface area contributed by atoms with E-state index in [2.05, 4.69) is 15.9 Å². The van der Waals surface area contributed by atoms with Crippen molar-refractivity contribution in [3.8, 4) is 5.75 Å². The predicted octanol–water partition coefficient (Wildman–Crippen LogP) is 7.29. The molecule has 0 N–H and O–H groups in total. The van der Waals surface area contributed by atoms with Gasteiger partial charge in [-0.05, 0) is 54.8 Å². The number of rotatable bonds is 6. The zero-order valence-corrected chi connectivity index (χ0v) is 20.9. The zero-order valence-electron chi connectivity index (χ0n) is 16.9. The van der Waals surface area contributed by atoms with Crippen LogP contribution in [0.4, 0.5) is 10.1 Å². The van der Waals surface area contributed by atoms with E-state index >= 15 is 0 Å². The van der Waals surface area contributed by atoms with E-state index in [1.54, 1.807) is 47.0 Å². The third-order valence-corrected chi connectivity index (χ3v) is 7.23. The van der Waals surface area contributed by atoms with Gasteiger partial charge in [-0.25, -0.2) is 4.39 Å². The van der Waals surface area contributed by atoms with Gasteiger partial charge in [-0.15, -0.1) is 11.8 Å². The number of nitrogens with zero attached hydrogens (tertiary/aromatic N) is 1. The Labute approximate surface area is 208 Å². The van der Waals surface area contributed by atoms with Crippen molar-refractivity contribution in [3.63, 3.8) is 0 Å². The number of carbonyl (C=O) groups is 1. The molecule has 1 amide bonds. The first-order valence-electron chi connectivity index (χ1n) is 9.54. The molecule has 3 nitrogen and oxygen atoms in total. The van der Waals surface area contributed by atoms with E-state index in [1.807, 2.05) is 42.7 Å². The molecule has 1 aliphatic heterocycles. The molecule has 0 bridgehead atoms. The molecule has 0 aliphatic carbocycles. The zero-order chi connectivity index (χ0) is 22.7. The van der Waals surface area contributed by atoms with Crippen LogP contribution in [0.25, 0.3) is 6.08 Å². The lowest BCUT2D eigenvalue weighted by atomic mass is 10.1. The quantitative estimate of drug-likeness (QED) is 0.184. The Bertz CT molecular complexity index is 1230. The fraction of sp³-hybridized carbons (Fsp3) is 0.0833. The molecule has 3 aromatic rings. The summed E-state index contributed by atoms with van der Waals surface area (Å²) in [6.45, 7) is 0.0809. The van der Waals surface area contributed by atoms with Gasteiger partial charge in [0.2, 0.25) is 0 Å². The predicted molar refractivity (Wildman–Crippen MR) is 139 cm³/mol. The van der Waals surface area contributed by atoms with Gasteiger partial charge < -0.3 is 4.74 Å². The molecule has 32 heavy (non-hydrogen) atoms. The highest BCUT2D eigenvalue weighted by molar-refractivity contribution is 9.10. The molecule has 0 unspecified atom stereocenters. The van der Waals surface area contributed by atoms with Crippen LogP contribution in [0.5, 0.6) is 5.75 Å². The van der Waals surface area contributed by atoms with Gasteiger partial charge in [-0.2, -0.15) is 0 Å². The lowest BCUT2D eigenvalue weighted by Crippen LogP contribution is -2.27. The fourth-order valence-electron chi connectivity index (χ4n) is 3.12. The Morgan fingerprint density at radius 3 is 2.75 bits per heavy atom. The number of carbonyl (C=O) groups excluding carboxylic acids is 1. The summed E-state index contributed by atoms with van der Waals surface area (Å²) >= 11 is 11.8. The van der Waals surface area contributed by atoms with E-state index in [0.29, 0.717) is 26.1 Å². The Morgan fingerprint density at radius 2 is 1.97 bits per heavy atom. The SMILES string of the molecule is CSc1cccc(N2C(=O)/C(=C/c3cc(Br)ccc3OCc3ccccc3F)SC2=S)c1. The van der Waals surface area contributed by atoms with Gasteiger partial charge in [0.15, 0.2) is 4.32 Å². The number of hydrogen-bond acceptors (Lipinski definition) is 5. The second kappa shape index (κ2) is 10.2. The van der Waals surface area contributed by atoms with Crippen molar-refractivity contribution >= 4 is 73.7 Å². The van der Waals surface area contributed by atoms with Crippen molar-refractivity contribution in [2.24, 2.45) is 0 Å². The molecule has 1 heterocycles. The van der Waals surface area contributed by atoms with Crippen LogP contribution in [0.1, 0.15) is 11.1 Å². The monoisotopic (exact) mass is 545 g/mol. The van der Waals surface area contributed by atoms with Crippen LogP contribution >= 0.6 is 51.7 Å². The summed E-state index contributed by atoms with van der Waals surface area (Å²) in [5.41, 5.74) is 1.91. The number of hydrogen-bond donors (Lipinski definition) is 0. The summed E-state index contributed by atoms with van der Waals surface area (Å²) in [6.07, 6.45) is 3.75. The van der Waals surface area contributed by atoms with E-state index in [-0.39, 0.29) is 18.3 Å². The standard InChI is InChI=1S/C24H17BrFNO2S3/c1-31-19-7-4-6-18(13-19)27-23(28)22(32-24(27)30)12-16-11-17(25)9-10-21(16)29-14-15-5-2-3-8-20(15)26/h2-13H,14H2,1H3/b22-12-. The molecule has 0 saturated carbocycles. The Kier molecular flexibility index (Phi) is 7.35. The van der Waals surface area contributed by atoms with Gasteiger partial charge in [0, 0.05) is 20.5 Å². The number of thiocarbonyl (C=S) groups is 1. The second-order valence-corrected chi connectivity index (χ2v) is 10.3. The van der Waals surface area contributed by atoms with E-state index < -0.39 is 0 Å². The second-order valence-electron chi connectivity index (χ2n) is 6.78. The summed E-state index contributed by atoms with van der Waals surface area (Å²) in [5.74, 6) is 0.0453. The molecule has 0 atom stereocenters. The topological polar surface area (TPSA) is 29.5 Å². The van der Waals surface area contributed by atoms with Gasteiger partial charge >= 0.3 is 0 Å². The lowest BCUT2D eigenvalue weighted by molar-refractivity contribution is -0.113. The molecule has 162 valence electrons. The van der Waals surface area contributed by atoms with Crippen LogP contribution in [0.2, 0.25) is 0 Å². The third kappa shape index (κ3) is 5.09. The molecule has 0 aromatic heterocycles. The molecule has 3 aromatic carbocycles. The average molecular weight is 547 g/mol. The Hall–Kier alpha value is -2.13. The molecular formula is C24H17BrFNO2S3. The van der Waals surface area contributed by atoms with Crippen molar-refractivity contribution < 1.29 is 13.9 Å². The molecule has 0 spiro atoms. The van der Waals surface area contributed by atoms with E-state index in [1.165, 1.54) is 17.8 Å². The van der Waals surface area contributed by atoms with Crippen molar-refractivity contribution in [3.05, 3.63) is 93.1 Å². The molecule has 1 fully saturated rings. The minimum absolute atomic E-state index is 0.0809. The normalized spacial score (nSPS) is 15.0. The van der Waals surface area contributed by atoms with Gasteiger partial charge in [-0.3, -0.25) is 9.69 Å². The van der Waals surface area contributed by atoms with Crippen molar-refractivity contribution in [1.29, 1.82) is 0 Å². The maximum atomic E-state index is 14.0. The third-order valence-electron chi connectivity index (χ3n) is 4.70. The number of anilines is 1. The molecule has 1 aliphatic rings. The highest BCUT2D eigenvalue weighted by Gasteiger charge is 2.33. The summed E-state index contributed by atoms with van der Waals surface area (Å²) < 4.78 is 21.2.